The monoisotopic (exact) mass is 336 g/mol. The van der Waals surface area contributed by atoms with Crippen molar-refractivity contribution in [2.45, 2.75) is 30.7 Å². The standard InChI is InChI=1S/C16H17FN2O3S/c1-11-6-7-18-10-16(11)23(20,21)19-14-3-2-8-22-15-9-12(17)4-5-13(14)15/h4-7,9-10,14,19H,2-3,8H2,1H3. The molecule has 0 saturated heterocycles. The smallest absolute Gasteiger partial charge is 0.242 e. The molecular formula is C16H17FN2O3S. The minimum absolute atomic E-state index is 0.147. The summed E-state index contributed by atoms with van der Waals surface area (Å²) in [5, 5.41) is 0. The zero-order valence-electron chi connectivity index (χ0n) is 12.6. The molecule has 1 aliphatic heterocycles. The molecule has 2 heterocycles. The number of nitrogens with one attached hydrogen (secondary N) is 1. The van der Waals surface area contributed by atoms with E-state index in [0.29, 0.717) is 36.3 Å². The molecule has 5 nitrogen and oxygen atoms in total. The number of ether oxygens (including phenoxy) is 1. The predicted molar refractivity (Wildman–Crippen MR) is 83.2 cm³/mol. The van der Waals surface area contributed by atoms with Crippen molar-refractivity contribution in [3.8, 4) is 5.75 Å². The molecule has 1 aromatic heterocycles. The molecule has 122 valence electrons. The van der Waals surface area contributed by atoms with Gasteiger partial charge in [0.05, 0.1) is 12.6 Å². The number of hydrogen-bond acceptors (Lipinski definition) is 4. The van der Waals surface area contributed by atoms with E-state index in [4.69, 9.17) is 4.74 Å². The summed E-state index contributed by atoms with van der Waals surface area (Å²) in [6, 6.07) is 5.35. The maximum Gasteiger partial charge on any atom is 0.242 e. The van der Waals surface area contributed by atoms with Crippen LogP contribution >= 0.6 is 0 Å². The molecule has 0 aliphatic carbocycles. The molecule has 23 heavy (non-hydrogen) atoms. The topological polar surface area (TPSA) is 68.3 Å². The molecule has 0 saturated carbocycles. The van der Waals surface area contributed by atoms with Crippen molar-refractivity contribution in [1.29, 1.82) is 0 Å². The average Bonchev–Trinajstić information content (AvgIpc) is 2.69. The highest BCUT2D eigenvalue weighted by Crippen LogP contribution is 2.33. The van der Waals surface area contributed by atoms with Gasteiger partial charge in [0.25, 0.3) is 0 Å². The van der Waals surface area contributed by atoms with Crippen LogP contribution in [-0.4, -0.2) is 20.0 Å². The highest BCUT2D eigenvalue weighted by atomic mass is 32.2. The summed E-state index contributed by atoms with van der Waals surface area (Å²) in [6.45, 7) is 2.15. The Labute approximate surface area is 134 Å². The van der Waals surface area contributed by atoms with Gasteiger partial charge in [-0.25, -0.2) is 17.5 Å². The maximum absolute atomic E-state index is 13.4. The quantitative estimate of drug-likeness (QED) is 0.936. The van der Waals surface area contributed by atoms with Gasteiger partial charge in [0.15, 0.2) is 0 Å². The SMILES string of the molecule is Cc1ccncc1S(=O)(=O)NC1CCCOc2cc(F)ccc21. The van der Waals surface area contributed by atoms with Crippen LogP contribution in [0.3, 0.4) is 0 Å². The first-order valence-corrected chi connectivity index (χ1v) is 8.81. The Balaban J connectivity index is 1.95. The minimum Gasteiger partial charge on any atom is -0.493 e. The van der Waals surface area contributed by atoms with Crippen molar-refractivity contribution in [3.63, 3.8) is 0 Å². The Kier molecular flexibility index (Phi) is 4.32. The van der Waals surface area contributed by atoms with Gasteiger partial charge in [-0.15, -0.1) is 0 Å². The van der Waals surface area contributed by atoms with Crippen LogP contribution in [-0.2, 0) is 10.0 Å². The van der Waals surface area contributed by atoms with E-state index in [1.165, 1.54) is 18.3 Å². The largest absolute Gasteiger partial charge is 0.493 e. The lowest BCUT2D eigenvalue weighted by Gasteiger charge is -2.19. The second kappa shape index (κ2) is 6.25. The zero-order chi connectivity index (χ0) is 16.4. The van der Waals surface area contributed by atoms with Crippen LogP contribution in [0.15, 0.2) is 41.6 Å². The molecule has 1 atom stereocenters. The zero-order valence-corrected chi connectivity index (χ0v) is 13.4. The van der Waals surface area contributed by atoms with Gasteiger partial charge in [-0.1, -0.05) is 6.07 Å². The molecular weight excluding hydrogens is 319 g/mol. The molecule has 0 spiro atoms. The van der Waals surface area contributed by atoms with Crippen LogP contribution in [0.25, 0.3) is 0 Å². The first kappa shape index (κ1) is 15.9. The van der Waals surface area contributed by atoms with Gasteiger partial charge < -0.3 is 4.74 Å². The Bertz CT molecular complexity index is 824. The van der Waals surface area contributed by atoms with Crippen LogP contribution in [0, 0.1) is 12.7 Å². The van der Waals surface area contributed by atoms with E-state index < -0.39 is 21.9 Å². The molecule has 0 fully saturated rings. The van der Waals surface area contributed by atoms with Gasteiger partial charge >= 0.3 is 0 Å². The predicted octanol–water partition coefficient (Wildman–Crippen LogP) is 2.72. The van der Waals surface area contributed by atoms with Gasteiger partial charge in [0.1, 0.15) is 16.5 Å². The Morgan fingerprint density at radius 3 is 2.96 bits per heavy atom. The molecule has 3 rings (SSSR count). The number of sulfonamides is 1. The minimum atomic E-state index is -3.72. The normalized spacial score (nSPS) is 17.9. The van der Waals surface area contributed by atoms with Crippen molar-refractivity contribution in [1.82, 2.24) is 9.71 Å². The highest BCUT2D eigenvalue weighted by Gasteiger charge is 2.26. The van der Waals surface area contributed by atoms with Crippen molar-refractivity contribution in [2.75, 3.05) is 6.61 Å². The van der Waals surface area contributed by atoms with Gasteiger partial charge in [0, 0.05) is 24.0 Å². The fourth-order valence-corrected chi connectivity index (χ4v) is 4.09. The van der Waals surface area contributed by atoms with E-state index in [-0.39, 0.29) is 4.90 Å². The summed E-state index contributed by atoms with van der Waals surface area (Å²) in [7, 11) is -3.72. The van der Waals surface area contributed by atoms with Gasteiger partial charge in [-0.05, 0) is 37.5 Å². The molecule has 1 N–H and O–H groups in total. The van der Waals surface area contributed by atoms with Gasteiger partial charge in [-0.3, -0.25) is 4.98 Å². The lowest BCUT2D eigenvalue weighted by Crippen LogP contribution is -2.29. The van der Waals surface area contributed by atoms with E-state index in [0.717, 1.165) is 0 Å². The highest BCUT2D eigenvalue weighted by molar-refractivity contribution is 7.89. The molecule has 1 aromatic carbocycles. The molecule has 7 heteroatoms. The number of halogens is 1. The van der Waals surface area contributed by atoms with Crippen molar-refractivity contribution >= 4 is 10.0 Å². The third-order valence-electron chi connectivity index (χ3n) is 3.82. The van der Waals surface area contributed by atoms with E-state index in [1.54, 1.807) is 25.3 Å². The second-order valence-electron chi connectivity index (χ2n) is 5.49. The summed E-state index contributed by atoms with van der Waals surface area (Å²) in [5.74, 6) is -0.0199. The van der Waals surface area contributed by atoms with E-state index >= 15 is 0 Å². The Morgan fingerprint density at radius 2 is 2.17 bits per heavy atom. The fourth-order valence-electron chi connectivity index (χ4n) is 2.65. The van der Waals surface area contributed by atoms with Crippen molar-refractivity contribution < 1.29 is 17.5 Å². The molecule has 0 radical (unpaired) electrons. The number of fused-ring (bicyclic) bond motifs is 1. The number of benzene rings is 1. The van der Waals surface area contributed by atoms with Crippen LogP contribution in [0.5, 0.6) is 5.75 Å². The van der Waals surface area contributed by atoms with Gasteiger partial charge in [-0.2, -0.15) is 0 Å². The number of hydrogen-bond donors (Lipinski definition) is 1. The number of pyridine rings is 1. The molecule has 1 unspecified atom stereocenters. The first-order valence-electron chi connectivity index (χ1n) is 7.32. The summed E-state index contributed by atoms with van der Waals surface area (Å²) in [6.07, 6.45) is 4.13. The van der Waals surface area contributed by atoms with Crippen molar-refractivity contribution in [3.05, 3.63) is 53.6 Å². The third-order valence-corrected chi connectivity index (χ3v) is 5.42. The fraction of sp³-hybridized carbons (Fsp3) is 0.312. The van der Waals surface area contributed by atoms with Gasteiger partial charge in [0.2, 0.25) is 10.0 Å². The molecule has 0 amide bonds. The number of aryl methyl sites for hydroxylation is 1. The lowest BCUT2D eigenvalue weighted by atomic mass is 10.0. The van der Waals surface area contributed by atoms with E-state index in [9.17, 15) is 12.8 Å². The molecule has 1 aliphatic rings. The van der Waals surface area contributed by atoms with Crippen LogP contribution in [0.1, 0.15) is 30.0 Å². The van der Waals surface area contributed by atoms with Crippen LogP contribution < -0.4 is 9.46 Å². The van der Waals surface area contributed by atoms with Crippen molar-refractivity contribution in [2.24, 2.45) is 0 Å². The summed E-state index contributed by atoms with van der Waals surface area (Å²) in [5.41, 5.74) is 1.27. The number of aromatic nitrogens is 1. The number of rotatable bonds is 3. The summed E-state index contributed by atoms with van der Waals surface area (Å²) >= 11 is 0. The first-order chi connectivity index (χ1) is 11.0. The lowest BCUT2D eigenvalue weighted by molar-refractivity contribution is 0.314. The second-order valence-corrected chi connectivity index (χ2v) is 7.17. The van der Waals surface area contributed by atoms with Crippen LogP contribution in [0.4, 0.5) is 4.39 Å². The summed E-state index contributed by atoms with van der Waals surface area (Å²) in [4.78, 5) is 4.03. The van der Waals surface area contributed by atoms with E-state index in [2.05, 4.69) is 9.71 Å². The molecule has 0 bridgehead atoms. The Morgan fingerprint density at radius 1 is 1.35 bits per heavy atom. The third kappa shape index (κ3) is 3.35. The van der Waals surface area contributed by atoms with Crippen LogP contribution in [0.2, 0.25) is 0 Å². The average molecular weight is 336 g/mol. The maximum atomic E-state index is 13.4. The Hall–Kier alpha value is -1.99. The summed E-state index contributed by atoms with van der Waals surface area (Å²) < 4.78 is 46.9. The number of nitrogens with zero attached hydrogens (tertiary/aromatic N) is 1. The molecule has 2 aromatic rings. The van der Waals surface area contributed by atoms with E-state index in [1.807, 2.05) is 0 Å².